The molecule has 3 rings (SSSR count). The summed E-state index contributed by atoms with van der Waals surface area (Å²) in [4.78, 5) is 16.4. The number of thiazole rings is 1. The lowest BCUT2D eigenvalue weighted by atomic mass is 9.91. The number of amides is 1. The van der Waals surface area contributed by atoms with E-state index in [2.05, 4.69) is 36.8 Å². The van der Waals surface area contributed by atoms with Gasteiger partial charge in [-0.25, -0.2) is 13.8 Å². The molecular weight excluding hydrogens is 420 g/mol. The third-order valence-corrected chi connectivity index (χ3v) is 6.40. The van der Waals surface area contributed by atoms with Crippen molar-refractivity contribution < 1.29 is 18.7 Å². The van der Waals surface area contributed by atoms with Crippen LogP contribution in [0.5, 0.6) is 0 Å². The van der Waals surface area contributed by atoms with E-state index in [4.69, 9.17) is 4.98 Å². The molecule has 0 bridgehead atoms. The molecule has 0 spiro atoms. The molecule has 1 saturated carbocycles. The van der Waals surface area contributed by atoms with Crippen molar-refractivity contribution >= 4 is 17.2 Å². The summed E-state index contributed by atoms with van der Waals surface area (Å²) in [5.74, 6) is -1.68. The molecule has 170 valence electrons. The molecule has 5 nitrogen and oxygen atoms in total. The summed E-state index contributed by atoms with van der Waals surface area (Å²) in [7, 11) is 0. The van der Waals surface area contributed by atoms with Crippen molar-refractivity contribution in [3.8, 4) is 0 Å². The van der Waals surface area contributed by atoms with Crippen LogP contribution in [-0.2, 0) is 23.2 Å². The van der Waals surface area contributed by atoms with Gasteiger partial charge in [0.2, 0.25) is 5.91 Å². The van der Waals surface area contributed by atoms with Crippen LogP contribution < -0.4 is 10.6 Å². The molecule has 0 saturated heterocycles. The fourth-order valence-corrected chi connectivity index (χ4v) is 4.77. The lowest BCUT2D eigenvalue weighted by molar-refractivity contribution is -0.120. The summed E-state index contributed by atoms with van der Waals surface area (Å²) in [5.41, 5.74) is 1.37. The van der Waals surface area contributed by atoms with E-state index >= 15 is 0 Å². The Hall–Kier alpha value is -1.90. The molecule has 1 aromatic carbocycles. The van der Waals surface area contributed by atoms with Crippen LogP contribution in [0.15, 0.2) is 23.6 Å². The molecule has 0 aliphatic heterocycles. The van der Waals surface area contributed by atoms with Gasteiger partial charge in [0.15, 0.2) is 0 Å². The fraction of sp³-hybridized carbons (Fsp3) is 0.565. The van der Waals surface area contributed by atoms with Gasteiger partial charge in [-0.2, -0.15) is 0 Å². The van der Waals surface area contributed by atoms with Crippen LogP contribution in [0.1, 0.15) is 56.8 Å². The minimum Gasteiger partial charge on any atom is -0.390 e. The van der Waals surface area contributed by atoms with E-state index in [1.54, 1.807) is 11.3 Å². The molecule has 8 heteroatoms. The molecule has 2 atom stereocenters. The van der Waals surface area contributed by atoms with Gasteiger partial charge in [-0.3, -0.25) is 4.79 Å². The van der Waals surface area contributed by atoms with Crippen molar-refractivity contribution in [3.05, 3.63) is 51.5 Å². The highest BCUT2D eigenvalue weighted by Crippen LogP contribution is 2.46. The fourth-order valence-electron chi connectivity index (χ4n) is 3.71. The molecule has 2 aromatic rings. The first-order valence-corrected chi connectivity index (χ1v) is 11.4. The van der Waals surface area contributed by atoms with Crippen molar-refractivity contribution in [3.63, 3.8) is 0 Å². The van der Waals surface area contributed by atoms with Gasteiger partial charge in [-0.15, -0.1) is 11.3 Å². The summed E-state index contributed by atoms with van der Waals surface area (Å²) in [5, 5.41) is 20.0. The molecule has 1 aromatic heterocycles. The van der Waals surface area contributed by atoms with Crippen LogP contribution in [0.4, 0.5) is 8.78 Å². The lowest BCUT2D eigenvalue weighted by Crippen LogP contribution is -2.49. The predicted molar refractivity (Wildman–Crippen MR) is 118 cm³/mol. The summed E-state index contributed by atoms with van der Waals surface area (Å²) >= 11 is 1.63. The summed E-state index contributed by atoms with van der Waals surface area (Å²) < 4.78 is 27.1. The maximum atomic E-state index is 13.5. The zero-order valence-electron chi connectivity index (χ0n) is 18.5. The molecule has 2 unspecified atom stereocenters. The summed E-state index contributed by atoms with van der Waals surface area (Å²) in [6.45, 7) is 8.13. The van der Waals surface area contributed by atoms with Gasteiger partial charge in [0.25, 0.3) is 0 Å². The average Bonchev–Trinajstić information content (AvgIpc) is 3.28. The Balaban J connectivity index is 1.65. The Kier molecular flexibility index (Phi) is 7.13. The quantitative estimate of drug-likeness (QED) is 0.544. The molecule has 31 heavy (non-hydrogen) atoms. The van der Waals surface area contributed by atoms with E-state index in [1.807, 2.05) is 0 Å². The second-order valence-electron chi connectivity index (χ2n) is 9.70. The van der Waals surface area contributed by atoms with E-state index in [0.717, 1.165) is 36.0 Å². The number of nitrogens with zero attached hydrogens (tertiary/aromatic N) is 1. The first-order chi connectivity index (χ1) is 14.5. The number of hydrogen-bond donors (Lipinski definition) is 3. The first kappa shape index (κ1) is 23.8. The highest BCUT2D eigenvalue weighted by molar-refractivity contribution is 7.09. The van der Waals surface area contributed by atoms with Crippen molar-refractivity contribution in [1.82, 2.24) is 15.6 Å². The number of aliphatic hydroxyl groups excluding tert-OH is 1. The zero-order valence-corrected chi connectivity index (χ0v) is 19.3. The van der Waals surface area contributed by atoms with Crippen LogP contribution in [0.25, 0.3) is 0 Å². The van der Waals surface area contributed by atoms with Crippen LogP contribution in [0.3, 0.4) is 0 Å². The first-order valence-electron chi connectivity index (χ1n) is 10.6. The second kappa shape index (κ2) is 9.30. The smallest absolute Gasteiger partial charge is 0.217 e. The highest BCUT2D eigenvalue weighted by Gasteiger charge is 2.47. The van der Waals surface area contributed by atoms with Crippen LogP contribution in [0.2, 0.25) is 0 Å². The molecule has 1 aliphatic carbocycles. The van der Waals surface area contributed by atoms with Crippen LogP contribution in [0, 0.1) is 17.0 Å². The third-order valence-electron chi connectivity index (χ3n) is 5.30. The van der Waals surface area contributed by atoms with Gasteiger partial charge in [0.05, 0.1) is 23.4 Å². The molecule has 1 heterocycles. The van der Waals surface area contributed by atoms with E-state index < -0.39 is 23.8 Å². The van der Waals surface area contributed by atoms with Gasteiger partial charge in [0.1, 0.15) is 16.6 Å². The monoisotopic (exact) mass is 451 g/mol. The standard InChI is InChI=1S/C23H31F2N3O2S/c1-14(29)27-19(9-15-7-16(24)10-17(25)8-15)20(30)12-26-23(5-6-23)21-28-18(13-31-21)11-22(2,3)4/h7-8,10,13,19-20,26,30H,5-6,9,11-12H2,1-4H3,(H,27,29). The SMILES string of the molecule is CC(=O)NC(Cc1cc(F)cc(F)c1)C(O)CNC1(c2nc(CC(C)(C)C)cs2)CC1. The average molecular weight is 452 g/mol. The largest absolute Gasteiger partial charge is 0.390 e. The number of aliphatic hydroxyl groups is 1. The van der Waals surface area contributed by atoms with E-state index in [0.29, 0.717) is 5.56 Å². The minimum atomic E-state index is -0.929. The molecule has 1 amide bonds. The number of rotatable bonds is 9. The van der Waals surface area contributed by atoms with Crippen LogP contribution in [-0.4, -0.2) is 34.7 Å². The van der Waals surface area contributed by atoms with E-state index in [-0.39, 0.29) is 29.8 Å². The van der Waals surface area contributed by atoms with Crippen molar-refractivity contribution in [2.45, 2.75) is 71.1 Å². The normalized spacial score (nSPS) is 17.3. The van der Waals surface area contributed by atoms with Gasteiger partial charge >= 0.3 is 0 Å². The van der Waals surface area contributed by atoms with E-state index in [1.165, 1.54) is 19.1 Å². The number of carbonyl (C=O) groups is 1. The zero-order chi connectivity index (χ0) is 22.8. The van der Waals surface area contributed by atoms with Crippen molar-refractivity contribution in [1.29, 1.82) is 0 Å². The highest BCUT2D eigenvalue weighted by atomic mass is 32.1. The molecule has 1 fully saturated rings. The maximum Gasteiger partial charge on any atom is 0.217 e. The van der Waals surface area contributed by atoms with Crippen molar-refractivity contribution in [2.75, 3.05) is 6.54 Å². The number of carbonyl (C=O) groups excluding carboxylic acids is 1. The minimum absolute atomic E-state index is 0.122. The number of nitrogens with one attached hydrogen (secondary N) is 2. The Morgan fingerprint density at radius 1 is 1.26 bits per heavy atom. The van der Waals surface area contributed by atoms with Crippen molar-refractivity contribution in [2.24, 2.45) is 5.41 Å². The number of benzene rings is 1. The summed E-state index contributed by atoms with van der Waals surface area (Å²) in [6, 6.07) is 2.56. The lowest BCUT2D eigenvalue weighted by Gasteiger charge is -2.26. The van der Waals surface area contributed by atoms with Gasteiger partial charge in [-0.1, -0.05) is 20.8 Å². The Bertz CT molecular complexity index is 902. The number of aromatic nitrogens is 1. The Labute approximate surface area is 186 Å². The second-order valence-corrected chi connectivity index (χ2v) is 10.6. The third kappa shape index (κ3) is 6.79. The topological polar surface area (TPSA) is 74.2 Å². The molecule has 0 radical (unpaired) electrons. The van der Waals surface area contributed by atoms with Gasteiger partial charge in [-0.05, 0) is 48.8 Å². The molecular formula is C23H31F2N3O2S. The Morgan fingerprint density at radius 2 is 1.90 bits per heavy atom. The van der Waals surface area contributed by atoms with Crippen LogP contribution >= 0.6 is 11.3 Å². The Morgan fingerprint density at radius 3 is 2.45 bits per heavy atom. The summed E-state index contributed by atoms with van der Waals surface area (Å²) in [6.07, 6.45) is 1.96. The number of halogens is 2. The molecule has 1 aliphatic rings. The van der Waals surface area contributed by atoms with E-state index in [9.17, 15) is 18.7 Å². The van der Waals surface area contributed by atoms with Gasteiger partial charge in [0, 0.05) is 24.9 Å². The maximum absolute atomic E-state index is 13.5. The number of hydrogen-bond acceptors (Lipinski definition) is 5. The van der Waals surface area contributed by atoms with Gasteiger partial charge < -0.3 is 15.7 Å². The predicted octanol–water partition coefficient (Wildman–Crippen LogP) is 3.70. The molecule has 3 N–H and O–H groups in total.